The van der Waals surface area contributed by atoms with E-state index >= 15 is 0 Å². The lowest BCUT2D eigenvalue weighted by Gasteiger charge is -2.36. The molecule has 1 fully saturated rings. The van der Waals surface area contributed by atoms with Gasteiger partial charge in [-0.15, -0.1) is 0 Å². The molecule has 37 heavy (non-hydrogen) atoms. The molecule has 11 heteroatoms. The second-order valence-electron chi connectivity index (χ2n) is 10.7. The van der Waals surface area contributed by atoms with Gasteiger partial charge in [-0.25, -0.2) is 9.18 Å². The molecule has 2 aliphatic heterocycles. The second-order valence-corrected chi connectivity index (χ2v) is 10.7. The highest BCUT2D eigenvalue weighted by atomic mass is 19.4. The van der Waals surface area contributed by atoms with E-state index in [1.165, 1.54) is 0 Å². The average molecular weight is 526 g/mol. The molecule has 1 amide bonds. The summed E-state index contributed by atoms with van der Waals surface area (Å²) in [7, 11) is 0. The van der Waals surface area contributed by atoms with Gasteiger partial charge in [0.05, 0.1) is 34.7 Å². The molecule has 1 N–H and O–H groups in total. The summed E-state index contributed by atoms with van der Waals surface area (Å²) in [4.78, 5) is 25.5. The van der Waals surface area contributed by atoms with Gasteiger partial charge >= 0.3 is 12.1 Å². The number of nitrogens with one attached hydrogen (secondary N) is 1. The zero-order valence-corrected chi connectivity index (χ0v) is 21.1. The summed E-state index contributed by atoms with van der Waals surface area (Å²) in [5.74, 6) is -2.38. The van der Waals surface area contributed by atoms with Gasteiger partial charge < -0.3 is 14.8 Å². The summed E-state index contributed by atoms with van der Waals surface area (Å²) >= 11 is 0. The normalized spacial score (nSPS) is 17.8. The van der Waals surface area contributed by atoms with Crippen LogP contribution in [0, 0.1) is 16.6 Å². The van der Waals surface area contributed by atoms with Crippen molar-refractivity contribution in [2.24, 2.45) is 10.8 Å². The maximum Gasteiger partial charge on any atom is 0.416 e. The Morgan fingerprint density at radius 3 is 2.57 bits per heavy atom. The average Bonchev–Trinajstić information content (AvgIpc) is 3.09. The van der Waals surface area contributed by atoms with Crippen molar-refractivity contribution in [3.05, 3.63) is 52.1 Å². The second kappa shape index (κ2) is 10.1. The minimum atomic E-state index is -4.79. The van der Waals surface area contributed by atoms with Crippen molar-refractivity contribution in [2.45, 2.75) is 59.2 Å². The number of aryl methyl sites for hydroxylation is 1. The lowest BCUT2D eigenvalue weighted by molar-refractivity contribution is -0.137. The third kappa shape index (κ3) is 5.97. The Balaban J connectivity index is 1.54. The van der Waals surface area contributed by atoms with Crippen molar-refractivity contribution in [2.75, 3.05) is 26.4 Å². The largest absolute Gasteiger partial charge is 0.461 e. The molecule has 3 heterocycles. The van der Waals surface area contributed by atoms with Gasteiger partial charge in [0.2, 0.25) is 0 Å². The fourth-order valence-corrected chi connectivity index (χ4v) is 4.97. The van der Waals surface area contributed by atoms with Crippen molar-refractivity contribution in [1.82, 2.24) is 15.1 Å². The number of benzene rings is 1. The molecule has 0 saturated carbocycles. The number of amides is 1. The molecule has 1 aromatic heterocycles. The predicted molar refractivity (Wildman–Crippen MR) is 126 cm³/mol. The van der Waals surface area contributed by atoms with E-state index in [4.69, 9.17) is 14.6 Å². The molecule has 0 unspecified atom stereocenters. The van der Waals surface area contributed by atoms with Crippen LogP contribution in [0.1, 0.15) is 71.3 Å². The molecular formula is C26H31F4N3O4. The van der Waals surface area contributed by atoms with E-state index in [9.17, 15) is 27.2 Å². The quantitative estimate of drug-likeness (QED) is 0.442. The number of carbonyl (C=O) groups excluding carboxylic acids is 2. The number of carbonyl (C=O) groups is 2. The van der Waals surface area contributed by atoms with Crippen LogP contribution in [0.15, 0.2) is 18.2 Å². The standard InChI is InChI=1S/C26H31F4N3O4/c1-4-19-21-20(12-25(13-31-22(21)34)5-7-36-8-6-25)33(32-19)14-24(2,3)15-37-23(35)16-9-17(26(28,29)30)11-18(27)10-16/h9-11H,4-8,12-15H2,1-3H3,(H,31,34). The van der Waals surface area contributed by atoms with Crippen LogP contribution >= 0.6 is 0 Å². The molecule has 4 rings (SSSR count). The van der Waals surface area contributed by atoms with Crippen LogP contribution in [-0.2, 0) is 35.0 Å². The summed E-state index contributed by atoms with van der Waals surface area (Å²) in [6, 6.07) is 1.62. The molecule has 0 aliphatic carbocycles. The third-order valence-corrected chi connectivity index (χ3v) is 7.04. The highest BCUT2D eigenvalue weighted by Crippen LogP contribution is 2.38. The maximum atomic E-state index is 13.7. The fraction of sp³-hybridized carbons (Fsp3) is 0.577. The van der Waals surface area contributed by atoms with E-state index in [0.29, 0.717) is 62.5 Å². The first kappa shape index (κ1) is 27.1. The smallest absolute Gasteiger partial charge is 0.416 e. The van der Waals surface area contributed by atoms with Crippen molar-refractivity contribution in [1.29, 1.82) is 0 Å². The van der Waals surface area contributed by atoms with Crippen molar-refractivity contribution in [3.8, 4) is 0 Å². The lowest BCUT2D eigenvalue weighted by Crippen LogP contribution is -2.41. The molecule has 0 bridgehead atoms. The first-order valence-electron chi connectivity index (χ1n) is 12.3. The number of ether oxygens (including phenoxy) is 2. The number of alkyl halides is 3. The van der Waals surface area contributed by atoms with Gasteiger partial charge in [-0.3, -0.25) is 9.48 Å². The van der Waals surface area contributed by atoms with Crippen molar-refractivity contribution >= 4 is 11.9 Å². The maximum absolute atomic E-state index is 13.7. The molecular weight excluding hydrogens is 494 g/mol. The van der Waals surface area contributed by atoms with Crippen LogP contribution in [0.3, 0.4) is 0 Å². The van der Waals surface area contributed by atoms with Crippen molar-refractivity contribution < 1.29 is 36.6 Å². The molecule has 0 atom stereocenters. The first-order valence-corrected chi connectivity index (χ1v) is 12.3. The monoisotopic (exact) mass is 525 g/mol. The van der Waals surface area contributed by atoms with Gasteiger partial charge in [0.15, 0.2) is 0 Å². The molecule has 1 aromatic carbocycles. The van der Waals surface area contributed by atoms with E-state index in [0.717, 1.165) is 24.6 Å². The zero-order valence-electron chi connectivity index (χ0n) is 21.1. The van der Waals surface area contributed by atoms with Gasteiger partial charge in [-0.05, 0) is 49.3 Å². The minimum Gasteiger partial charge on any atom is -0.461 e. The van der Waals surface area contributed by atoms with Crippen LogP contribution in [-0.4, -0.2) is 48.0 Å². The molecule has 202 valence electrons. The van der Waals surface area contributed by atoms with E-state index in [1.807, 2.05) is 20.8 Å². The summed E-state index contributed by atoms with van der Waals surface area (Å²) < 4.78 is 65.5. The zero-order chi connectivity index (χ0) is 27.0. The van der Waals surface area contributed by atoms with Gasteiger partial charge in [0, 0.05) is 31.7 Å². The van der Waals surface area contributed by atoms with E-state index in [1.54, 1.807) is 4.68 Å². The molecule has 1 saturated heterocycles. The summed E-state index contributed by atoms with van der Waals surface area (Å²) in [6.07, 6.45) is -1.95. The Hall–Kier alpha value is -2.95. The summed E-state index contributed by atoms with van der Waals surface area (Å²) in [5.41, 5.74) is -0.499. The first-order chi connectivity index (χ1) is 17.3. The number of nitrogens with zero attached hydrogens (tertiary/aromatic N) is 2. The molecule has 2 aromatic rings. The molecule has 2 aliphatic rings. The van der Waals surface area contributed by atoms with Crippen LogP contribution < -0.4 is 5.32 Å². The lowest BCUT2D eigenvalue weighted by atomic mass is 9.76. The number of halogens is 4. The van der Waals surface area contributed by atoms with Gasteiger partial charge in [-0.2, -0.15) is 18.3 Å². The Morgan fingerprint density at radius 2 is 1.92 bits per heavy atom. The van der Waals surface area contributed by atoms with Crippen molar-refractivity contribution in [3.63, 3.8) is 0 Å². The minimum absolute atomic E-state index is 0.133. The van der Waals surface area contributed by atoms with E-state index < -0.39 is 34.5 Å². The van der Waals surface area contributed by atoms with Gasteiger partial charge in [-0.1, -0.05) is 20.8 Å². The number of aromatic nitrogens is 2. The summed E-state index contributed by atoms with van der Waals surface area (Å²) in [6.45, 7) is 7.54. The Labute approximate surface area is 212 Å². The fourth-order valence-electron chi connectivity index (χ4n) is 4.97. The van der Waals surface area contributed by atoms with Crippen LogP contribution in [0.4, 0.5) is 17.6 Å². The van der Waals surface area contributed by atoms with E-state index in [2.05, 4.69) is 5.32 Å². The highest BCUT2D eigenvalue weighted by Gasteiger charge is 2.40. The number of fused-ring (bicyclic) bond motifs is 1. The van der Waals surface area contributed by atoms with Crippen LogP contribution in [0.25, 0.3) is 0 Å². The predicted octanol–water partition coefficient (Wildman–Crippen LogP) is 4.57. The Morgan fingerprint density at radius 1 is 1.22 bits per heavy atom. The number of hydrogen-bond acceptors (Lipinski definition) is 5. The topological polar surface area (TPSA) is 82.5 Å². The SMILES string of the molecule is CCc1nn(CC(C)(C)COC(=O)c2cc(F)cc(C(F)(F)F)c2)c2c1C(=O)NCC1(CCOCC1)C2. The Bertz CT molecular complexity index is 1180. The van der Waals surface area contributed by atoms with Crippen LogP contribution in [0.5, 0.6) is 0 Å². The third-order valence-electron chi connectivity index (χ3n) is 7.04. The van der Waals surface area contributed by atoms with Crippen LogP contribution in [0.2, 0.25) is 0 Å². The number of esters is 1. The Kier molecular flexibility index (Phi) is 7.38. The number of rotatable bonds is 6. The molecule has 0 radical (unpaired) electrons. The molecule has 7 nitrogen and oxygen atoms in total. The van der Waals surface area contributed by atoms with Gasteiger partial charge in [0.25, 0.3) is 5.91 Å². The highest BCUT2D eigenvalue weighted by molar-refractivity contribution is 5.97. The number of hydrogen-bond donors (Lipinski definition) is 1. The molecule has 1 spiro atoms. The summed E-state index contributed by atoms with van der Waals surface area (Å²) in [5, 5.41) is 7.77. The van der Waals surface area contributed by atoms with E-state index in [-0.39, 0.29) is 17.9 Å². The van der Waals surface area contributed by atoms with Gasteiger partial charge in [0.1, 0.15) is 5.82 Å².